The molecule has 1 aliphatic heterocycles. The van der Waals surface area contributed by atoms with Crippen molar-refractivity contribution in [2.24, 2.45) is 0 Å². The average Bonchev–Trinajstić information content (AvgIpc) is 2.16. The Labute approximate surface area is 95.2 Å². The van der Waals surface area contributed by atoms with Crippen LogP contribution in [0.15, 0.2) is 0 Å². The molecule has 0 bridgehead atoms. The summed E-state index contributed by atoms with van der Waals surface area (Å²) < 4.78 is 29.8. The van der Waals surface area contributed by atoms with Crippen molar-refractivity contribution >= 4 is 16.0 Å². The Kier molecular flexibility index (Phi) is 4.69. The third kappa shape index (κ3) is 3.73. The van der Waals surface area contributed by atoms with Crippen LogP contribution in [0.1, 0.15) is 19.8 Å². The smallest absolute Gasteiger partial charge is 0.320 e. The van der Waals surface area contributed by atoms with Gasteiger partial charge in [0, 0.05) is 19.7 Å². The lowest BCUT2D eigenvalue weighted by molar-refractivity contribution is -0.134. The van der Waals surface area contributed by atoms with Crippen LogP contribution >= 0.6 is 0 Å². The van der Waals surface area contributed by atoms with E-state index in [9.17, 15) is 13.2 Å². The van der Waals surface area contributed by atoms with Crippen LogP contribution in [0.2, 0.25) is 0 Å². The number of ether oxygens (including phenoxy) is 1. The van der Waals surface area contributed by atoms with Crippen LogP contribution in [0.25, 0.3) is 0 Å². The number of carboxylic acids is 1. The molecule has 6 nitrogen and oxygen atoms in total. The third-order valence-electron chi connectivity index (χ3n) is 2.44. The van der Waals surface area contributed by atoms with Gasteiger partial charge in [-0.05, 0) is 19.8 Å². The molecule has 16 heavy (non-hydrogen) atoms. The Hall–Kier alpha value is -0.660. The Bertz CT molecular complexity index is 338. The summed E-state index contributed by atoms with van der Waals surface area (Å²) in [4.78, 5) is 10.4. The number of hydrogen-bond donors (Lipinski definition) is 1. The summed E-state index contributed by atoms with van der Waals surface area (Å²) in [5.41, 5.74) is 0. The molecule has 0 amide bonds. The molecule has 1 unspecified atom stereocenters. The van der Waals surface area contributed by atoms with Gasteiger partial charge in [0.2, 0.25) is 10.0 Å². The van der Waals surface area contributed by atoms with Gasteiger partial charge in [0.05, 0.1) is 6.10 Å². The molecule has 0 spiro atoms. The van der Waals surface area contributed by atoms with Gasteiger partial charge in [0.15, 0.2) is 5.75 Å². The van der Waals surface area contributed by atoms with Gasteiger partial charge in [-0.1, -0.05) is 0 Å². The van der Waals surface area contributed by atoms with E-state index in [0.29, 0.717) is 19.6 Å². The molecule has 1 N–H and O–H groups in total. The number of piperidine rings is 1. The van der Waals surface area contributed by atoms with Gasteiger partial charge >= 0.3 is 5.97 Å². The number of carboxylic acid groups (broad SMARTS) is 1. The van der Waals surface area contributed by atoms with Crippen LogP contribution < -0.4 is 0 Å². The number of rotatable bonds is 5. The van der Waals surface area contributed by atoms with Gasteiger partial charge in [-0.2, -0.15) is 4.31 Å². The van der Waals surface area contributed by atoms with Gasteiger partial charge in [-0.25, -0.2) is 8.42 Å². The largest absolute Gasteiger partial charge is 0.480 e. The predicted molar refractivity (Wildman–Crippen MR) is 57.6 cm³/mol. The monoisotopic (exact) mass is 251 g/mol. The molecule has 1 rings (SSSR count). The maximum Gasteiger partial charge on any atom is 0.320 e. The zero-order valence-corrected chi connectivity index (χ0v) is 10.1. The Balaban J connectivity index is 2.62. The van der Waals surface area contributed by atoms with Gasteiger partial charge in [0.1, 0.15) is 0 Å². The van der Waals surface area contributed by atoms with E-state index in [2.05, 4.69) is 0 Å². The normalized spacial score (nSPS) is 23.2. The third-order valence-corrected chi connectivity index (χ3v) is 4.17. The fourth-order valence-electron chi connectivity index (χ4n) is 1.78. The van der Waals surface area contributed by atoms with Crippen LogP contribution in [-0.4, -0.2) is 55.4 Å². The van der Waals surface area contributed by atoms with E-state index in [4.69, 9.17) is 9.84 Å². The Morgan fingerprint density at radius 1 is 1.56 bits per heavy atom. The van der Waals surface area contributed by atoms with Crippen molar-refractivity contribution < 1.29 is 23.1 Å². The molecular weight excluding hydrogens is 234 g/mol. The molecule has 1 atom stereocenters. The fourth-order valence-corrected chi connectivity index (χ4v) is 3.07. The maximum atomic E-state index is 11.6. The van der Waals surface area contributed by atoms with E-state index in [1.54, 1.807) is 0 Å². The first kappa shape index (κ1) is 13.4. The Morgan fingerprint density at radius 3 is 2.81 bits per heavy atom. The molecule has 1 saturated heterocycles. The van der Waals surface area contributed by atoms with Crippen LogP contribution in [-0.2, 0) is 19.6 Å². The summed E-state index contributed by atoms with van der Waals surface area (Å²) in [5.74, 6) is -2.16. The average molecular weight is 251 g/mol. The molecule has 0 radical (unpaired) electrons. The van der Waals surface area contributed by atoms with Crippen molar-refractivity contribution in [3.8, 4) is 0 Å². The standard InChI is InChI=1S/C9H17NO5S/c1-2-15-8-4-3-5-10(6-8)16(13,14)7-9(11)12/h8H,2-7H2,1H3,(H,11,12). The highest BCUT2D eigenvalue weighted by atomic mass is 32.2. The summed E-state index contributed by atoms with van der Waals surface area (Å²) in [6, 6.07) is 0. The van der Waals surface area contributed by atoms with Crippen LogP contribution in [0.5, 0.6) is 0 Å². The number of sulfonamides is 1. The van der Waals surface area contributed by atoms with Crippen LogP contribution in [0, 0.1) is 0 Å². The highest BCUT2D eigenvalue weighted by Crippen LogP contribution is 2.16. The molecule has 1 heterocycles. The second-order valence-corrected chi connectivity index (χ2v) is 5.70. The van der Waals surface area contributed by atoms with Crippen LogP contribution in [0.4, 0.5) is 0 Å². The zero-order chi connectivity index (χ0) is 12.2. The highest BCUT2D eigenvalue weighted by Gasteiger charge is 2.30. The van der Waals surface area contributed by atoms with Crippen molar-refractivity contribution in [2.75, 3.05) is 25.4 Å². The van der Waals surface area contributed by atoms with E-state index < -0.39 is 21.7 Å². The molecule has 0 aromatic rings. The Morgan fingerprint density at radius 2 is 2.25 bits per heavy atom. The van der Waals surface area contributed by atoms with Gasteiger partial charge in [-0.3, -0.25) is 4.79 Å². The predicted octanol–water partition coefficient (Wildman–Crippen LogP) is -0.0983. The molecule has 0 aromatic carbocycles. The number of aliphatic carboxylic acids is 1. The molecule has 0 aliphatic carbocycles. The van der Waals surface area contributed by atoms with Crippen molar-refractivity contribution in [1.82, 2.24) is 4.31 Å². The van der Waals surface area contributed by atoms with Gasteiger partial charge in [-0.15, -0.1) is 0 Å². The molecule has 0 aromatic heterocycles. The molecule has 1 fully saturated rings. The van der Waals surface area contributed by atoms with Gasteiger partial charge in [0.25, 0.3) is 0 Å². The van der Waals surface area contributed by atoms with E-state index in [1.165, 1.54) is 4.31 Å². The van der Waals surface area contributed by atoms with E-state index >= 15 is 0 Å². The van der Waals surface area contributed by atoms with E-state index in [-0.39, 0.29) is 12.6 Å². The van der Waals surface area contributed by atoms with Crippen LogP contribution in [0.3, 0.4) is 0 Å². The quantitative estimate of drug-likeness (QED) is 0.737. The molecule has 7 heteroatoms. The summed E-state index contributed by atoms with van der Waals surface area (Å²) >= 11 is 0. The first-order valence-electron chi connectivity index (χ1n) is 5.27. The van der Waals surface area contributed by atoms with E-state index in [1.807, 2.05) is 6.92 Å². The van der Waals surface area contributed by atoms with Crippen molar-refractivity contribution in [1.29, 1.82) is 0 Å². The minimum atomic E-state index is -3.68. The first-order chi connectivity index (χ1) is 7.45. The second kappa shape index (κ2) is 5.60. The molecular formula is C9H17NO5S. The maximum absolute atomic E-state index is 11.6. The fraction of sp³-hybridized carbons (Fsp3) is 0.889. The summed E-state index contributed by atoms with van der Waals surface area (Å²) in [6.45, 7) is 3.05. The topological polar surface area (TPSA) is 83.9 Å². The molecule has 0 saturated carbocycles. The SMILES string of the molecule is CCOC1CCCN(S(=O)(=O)CC(=O)O)C1. The van der Waals surface area contributed by atoms with Gasteiger partial charge < -0.3 is 9.84 Å². The first-order valence-corrected chi connectivity index (χ1v) is 6.88. The number of carbonyl (C=O) groups is 1. The second-order valence-electron chi connectivity index (χ2n) is 3.73. The summed E-state index contributed by atoms with van der Waals surface area (Å²) in [7, 11) is -3.68. The summed E-state index contributed by atoms with van der Waals surface area (Å²) in [6.07, 6.45) is 1.43. The van der Waals surface area contributed by atoms with Crippen molar-refractivity contribution in [3.63, 3.8) is 0 Å². The zero-order valence-electron chi connectivity index (χ0n) is 9.26. The highest BCUT2D eigenvalue weighted by molar-refractivity contribution is 7.89. The summed E-state index contributed by atoms with van der Waals surface area (Å²) in [5, 5.41) is 8.51. The van der Waals surface area contributed by atoms with Crippen molar-refractivity contribution in [2.45, 2.75) is 25.9 Å². The lowest BCUT2D eigenvalue weighted by Crippen LogP contribution is -2.45. The minimum Gasteiger partial charge on any atom is -0.480 e. The minimum absolute atomic E-state index is 0.109. The molecule has 94 valence electrons. The number of hydrogen-bond acceptors (Lipinski definition) is 4. The van der Waals surface area contributed by atoms with E-state index in [0.717, 1.165) is 6.42 Å². The van der Waals surface area contributed by atoms with Crippen molar-refractivity contribution in [3.05, 3.63) is 0 Å². The number of nitrogens with zero attached hydrogens (tertiary/aromatic N) is 1. The lowest BCUT2D eigenvalue weighted by Gasteiger charge is -2.31. The molecule has 1 aliphatic rings. The lowest BCUT2D eigenvalue weighted by atomic mass is 10.1.